The molecular formula is C9H16N2O. The highest BCUT2D eigenvalue weighted by molar-refractivity contribution is 5.93. The van der Waals surface area contributed by atoms with E-state index in [4.69, 9.17) is 0 Å². The highest BCUT2D eigenvalue weighted by atomic mass is 16.1. The van der Waals surface area contributed by atoms with E-state index < -0.39 is 0 Å². The van der Waals surface area contributed by atoms with Gasteiger partial charge in [0.15, 0.2) is 0 Å². The van der Waals surface area contributed by atoms with Gasteiger partial charge in [0.25, 0.3) is 0 Å². The Morgan fingerprint density at radius 3 is 2.67 bits per heavy atom. The van der Waals surface area contributed by atoms with Crippen molar-refractivity contribution in [3.63, 3.8) is 0 Å². The van der Waals surface area contributed by atoms with Crippen LogP contribution in [-0.2, 0) is 4.79 Å². The number of hydrogen-bond donors (Lipinski definition) is 1. The maximum Gasteiger partial charge on any atom is 0.247 e. The van der Waals surface area contributed by atoms with E-state index in [0.717, 1.165) is 19.6 Å². The molecule has 68 valence electrons. The molecule has 0 spiro atoms. The van der Waals surface area contributed by atoms with Crippen LogP contribution in [0.5, 0.6) is 0 Å². The minimum atomic E-state index is -0.00981. The number of amides is 1. The second-order valence-corrected chi connectivity index (χ2v) is 3.09. The van der Waals surface area contributed by atoms with E-state index in [2.05, 4.69) is 16.8 Å². The molecule has 1 amide bonds. The van der Waals surface area contributed by atoms with E-state index >= 15 is 0 Å². The van der Waals surface area contributed by atoms with Gasteiger partial charge in [-0.3, -0.25) is 9.69 Å². The number of carbonyl (C=O) groups excluding carboxylic acids is 1. The Kier molecular flexibility index (Phi) is 3.29. The molecule has 0 aromatic rings. The predicted molar refractivity (Wildman–Crippen MR) is 48.9 cm³/mol. The van der Waals surface area contributed by atoms with Crippen molar-refractivity contribution in [2.24, 2.45) is 0 Å². The molecule has 1 heterocycles. The monoisotopic (exact) mass is 168 g/mol. The summed E-state index contributed by atoms with van der Waals surface area (Å²) in [6.45, 7) is 9.28. The molecule has 0 radical (unpaired) electrons. The molecule has 12 heavy (non-hydrogen) atoms. The molecule has 1 fully saturated rings. The minimum Gasteiger partial charge on any atom is -0.353 e. The van der Waals surface area contributed by atoms with Crippen molar-refractivity contribution in [2.45, 2.75) is 13.3 Å². The fourth-order valence-electron chi connectivity index (χ4n) is 1.17. The molecule has 0 atom stereocenters. The molecule has 1 aliphatic heterocycles. The first-order chi connectivity index (χ1) is 5.74. The smallest absolute Gasteiger partial charge is 0.247 e. The molecule has 0 aliphatic carbocycles. The van der Waals surface area contributed by atoms with Crippen LogP contribution in [0.1, 0.15) is 13.3 Å². The van der Waals surface area contributed by atoms with Gasteiger partial charge in [-0.05, 0) is 26.4 Å². The lowest BCUT2D eigenvalue weighted by Crippen LogP contribution is -2.40. The van der Waals surface area contributed by atoms with Crippen LogP contribution in [-0.4, -0.2) is 37.0 Å². The van der Waals surface area contributed by atoms with Crippen molar-refractivity contribution in [3.8, 4) is 0 Å². The molecule has 0 aromatic heterocycles. The third-order valence-electron chi connectivity index (χ3n) is 2.02. The quantitative estimate of drug-likeness (QED) is 0.616. The molecule has 1 rings (SSSR count). The first kappa shape index (κ1) is 9.26. The summed E-state index contributed by atoms with van der Waals surface area (Å²) in [6, 6.07) is 0. The Morgan fingerprint density at radius 2 is 2.25 bits per heavy atom. The number of likely N-dealkylation sites (tertiary alicyclic amines) is 1. The van der Waals surface area contributed by atoms with Gasteiger partial charge in [0, 0.05) is 18.7 Å². The summed E-state index contributed by atoms with van der Waals surface area (Å²) in [4.78, 5) is 13.4. The van der Waals surface area contributed by atoms with Crippen molar-refractivity contribution in [1.29, 1.82) is 0 Å². The number of likely N-dealkylation sites (N-methyl/N-ethyl adjacent to an activating group) is 1. The third kappa shape index (κ3) is 2.34. The van der Waals surface area contributed by atoms with Crippen molar-refractivity contribution in [2.75, 3.05) is 26.2 Å². The summed E-state index contributed by atoms with van der Waals surface area (Å²) < 4.78 is 0. The van der Waals surface area contributed by atoms with Gasteiger partial charge >= 0.3 is 0 Å². The maximum absolute atomic E-state index is 11.2. The molecule has 0 unspecified atom stereocenters. The zero-order valence-electron chi connectivity index (χ0n) is 7.60. The van der Waals surface area contributed by atoms with Gasteiger partial charge in [-0.25, -0.2) is 0 Å². The molecular weight excluding hydrogens is 152 g/mol. The van der Waals surface area contributed by atoms with Crippen LogP contribution in [0, 0.1) is 0 Å². The Bertz CT molecular complexity index is 185. The molecule has 0 aromatic carbocycles. The summed E-state index contributed by atoms with van der Waals surface area (Å²) in [5.41, 5.74) is 0.677. The zero-order valence-corrected chi connectivity index (χ0v) is 7.60. The van der Waals surface area contributed by atoms with Crippen molar-refractivity contribution in [3.05, 3.63) is 12.2 Å². The average Bonchev–Trinajstić information content (AvgIpc) is 1.97. The van der Waals surface area contributed by atoms with Gasteiger partial charge in [0.1, 0.15) is 0 Å². The normalized spacial score (nSPS) is 16.8. The summed E-state index contributed by atoms with van der Waals surface area (Å²) in [6.07, 6.45) is 1.25. The summed E-state index contributed by atoms with van der Waals surface area (Å²) >= 11 is 0. The van der Waals surface area contributed by atoms with Gasteiger partial charge in [0.2, 0.25) is 5.91 Å². The van der Waals surface area contributed by atoms with E-state index in [1.54, 1.807) is 0 Å². The summed E-state index contributed by atoms with van der Waals surface area (Å²) in [5.74, 6) is -0.00981. The first-order valence-electron chi connectivity index (χ1n) is 4.42. The number of hydrogen-bond acceptors (Lipinski definition) is 2. The third-order valence-corrected chi connectivity index (χ3v) is 2.02. The van der Waals surface area contributed by atoms with E-state index in [-0.39, 0.29) is 5.91 Å². The van der Waals surface area contributed by atoms with Crippen LogP contribution in [0.4, 0.5) is 0 Å². The van der Waals surface area contributed by atoms with Crippen LogP contribution >= 0.6 is 0 Å². The van der Waals surface area contributed by atoms with Crippen molar-refractivity contribution < 1.29 is 4.79 Å². The van der Waals surface area contributed by atoms with Crippen LogP contribution in [0.2, 0.25) is 0 Å². The SMILES string of the molecule is C=C(CN1CCC1)C(=O)NCC. The van der Waals surface area contributed by atoms with Gasteiger partial charge in [-0.15, -0.1) is 0 Å². The predicted octanol–water partition coefficient (Wildman–Crippen LogP) is 0.384. The van der Waals surface area contributed by atoms with E-state index in [0.29, 0.717) is 12.1 Å². The molecule has 3 heteroatoms. The second-order valence-electron chi connectivity index (χ2n) is 3.09. The standard InChI is InChI=1S/C9H16N2O/c1-3-10-9(12)8(2)7-11-5-4-6-11/h2-7H2,1H3,(H,10,12). The van der Waals surface area contributed by atoms with Crippen LogP contribution in [0.25, 0.3) is 0 Å². The topological polar surface area (TPSA) is 32.3 Å². The van der Waals surface area contributed by atoms with Gasteiger partial charge in [-0.2, -0.15) is 0 Å². The first-order valence-corrected chi connectivity index (χ1v) is 4.42. The number of carbonyl (C=O) groups is 1. The number of rotatable bonds is 4. The minimum absolute atomic E-state index is 0.00981. The highest BCUT2D eigenvalue weighted by Crippen LogP contribution is 2.07. The average molecular weight is 168 g/mol. The van der Waals surface area contributed by atoms with Crippen molar-refractivity contribution >= 4 is 5.91 Å². The van der Waals surface area contributed by atoms with Gasteiger partial charge in [0.05, 0.1) is 0 Å². The summed E-state index contributed by atoms with van der Waals surface area (Å²) in [7, 11) is 0. The largest absolute Gasteiger partial charge is 0.353 e. The fourth-order valence-corrected chi connectivity index (χ4v) is 1.17. The Labute approximate surface area is 73.4 Å². The second kappa shape index (κ2) is 4.26. The van der Waals surface area contributed by atoms with E-state index in [9.17, 15) is 4.79 Å². The molecule has 1 saturated heterocycles. The molecule has 0 bridgehead atoms. The molecule has 1 aliphatic rings. The lowest BCUT2D eigenvalue weighted by Gasteiger charge is -2.30. The Balaban J connectivity index is 2.21. The highest BCUT2D eigenvalue weighted by Gasteiger charge is 2.16. The molecule has 3 nitrogen and oxygen atoms in total. The van der Waals surface area contributed by atoms with E-state index in [1.807, 2.05) is 6.92 Å². The van der Waals surface area contributed by atoms with Gasteiger partial charge < -0.3 is 5.32 Å². The van der Waals surface area contributed by atoms with Crippen LogP contribution in [0.3, 0.4) is 0 Å². The number of nitrogens with one attached hydrogen (secondary N) is 1. The van der Waals surface area contributed by atoms with Crippen LogP contribution < -0.4 is 5.32 Å². The molecule has 1 N–H and O–H groups in total. The fraction of sp³-hybridized carbons (Fsp3) is 0.667. The van der Waals surface area contributed by atoms with Gasteiger partial charge in [-0.1, -0.05) is 6.58 Å². The lowest BCUT2D eigenvalue weighted by atomic mass is 10.2. The Morgan fingerprint density at radius 1 is 1.58 bits per heavy atom. The number of nitrogens with zero attached hydrogens (tertiary/aromatic N) is 1. The maximum atomic E-state index is 11.2. The van der Waals surface area contributed by atoms with E-state index in [1.165, 1.54) is 6.42 Å². The lowest BCUT2D eigenvalue weighted by molar-refractivity contribution is -0.117. The van der Waals surface area contributed by atoms with Crippen molar-refractivity contribution in [1.82, 2.24) is 10.2 Å². The Hall–Kier alpha value is -0.830. The summed E-state index contributed by atoms with van der Waals surface area (Å²) in [5, 5.41) is 2.73. The van der Waals surface area contributed by atoms with Crippen LogP contribution in [0.15, 0.2) is 12.2 Å². The zero-order chi connectivity index (χ0) is 8.97. The molecule has 0 saturated carbocycles.